The van der Waals surface area contributed by atoms with Gasteiger partial charge in [0, 0.05) is 23.4 Å². The van der Waals surface area contributed by atoms with E-state index < -0.39 is 0 Å². The number of anilines is 1. The minimum Gasteiger partial charge on any atom is -0.492 e. The quantitative estimate of drug-likeness (QED) is 0.228. The van der Waals surface area contributed by atoms with E-state index in [2.05, 4.69) is 45.7 Å². The number of rotatable bonds is 12. The summed E-state index contributed by atoms with van der Waals surface area (Å²) in [5.74, 6) is 0.230. The Hall–Kier alpha value is -2.45. The van der Waals surface area contributed by atoms with Crippen LogP contribution in [0.25, 0.3) is 0 Å². The van der Waals surface area contributed by atoms with Crippen molar-refractivity contribution < 1.29 is 14.3 Å². The molecule has 0 aromatic heterocycles. The Kier molecular flexibility index (Phi) is 11.9. The van der Waals surface area contributed by atoms with Gasteiger partial charge in [0.05, 0.1) is 11.1 Å². The first-order valence-electron chi connectivity index (χ1n) is 11.4. The summed E-state index contributed by atoms with van der Waals surface area (Å²) in [6, 6.07) is 12.2. The van der Waals surface area contributed by atoms with Crippen molar-refractivity contribution in [1.29, 1.82) is 0 Å². The van der Waals surface area contributed by atoms with E-state index in [-0.39, 0.29) is 16.9 Å². The van der Waals surface area contributed by atoms with Crippen LogP contribution in [0.4, 0.5) is 5.69 Å². The summed E-state index contributed by atoms with van der Waals surface area (Å²) in [6.45, 7) is 5.53. The Morgan fingerprint density at radius 1 is 0.939 bits per heavy atom. The molecule has 2 rings (SSSR count). The highest BCUT2D eigenvalue weighted by atomic mass is 79.9. The van der Waals surface area contributed by atoms with Gasteiger partial charge in [-0.25, -0.2) is 0 Å². The molecule has 0 aliphatic rings. The first kappa shape index (κ1) is 26.8. The largest absolute Gasteiger partial charge is 0.492 e. The Labute approximate surface area is 210 Å². The van der Waals surface area contributed by atoms with Gasteiger partial charge in [0.2, 0.25) is 0 Å². The lowest BCUT2D eigenvalue weighted by Crippen LogP contribution is -2.34. The zero-order chi connectivity index (χ0) is 24.1. The van der Waals surface area contributed by atoms with Gasteiger partial charge < -0.3 is 15.4 Å². The zero-order valence-electron chi connectivity index (χ0n) is 19.2. The predicted molar refractivity (Wildman–Crippen MR) is 141 cm³/mol. The maximum Gasteiger partial charge on any atom is 0.257 e. The maximum atomic E-state index is 12.6. The van der Waals surface area contributed by atoms with Gasteiger partial charge in [-0.15, -0.1) is 0 Å². The number of unbranched alkanes of at least 4 members (excludes halogenated alkanes) is 4. The number of amides is 2. The van der Waals surface area contributed by atoms with Crippen molar-refractivity contribution in [1.82, 2.24) is 10.6 Å². The smallest absolute Gasteiger partial charge is 0.257 e. The van der Waals surface area contributed by atoms with E-state index in [1.807, 2.05) is 0 Å². The van der Waals surface area contributed by atoms with Crippen LogP contribution in [0.15, 0.2) is 46.9 Å². The monoisotopic (exact) mass is 533 g/mol. The molecule has 2 aromatic rings. The van der Waals surface area contributed by atoms with E-state index >= 15 is 0 Å². The Morgan fingerprint density at radius 2 is 1.70 bits per heavy atom. The molecule has 0 fully saturated rings. The molecule has 0 heterocycles. The van der Waals surface area contributed by atoms with Crippen molar-refractivity contribution in [2.45, 2.75) is 52.4 Å². The van der Waals surface area contributed by atoms with Gasteiger partial charge in [-0.1, -0.05) is 45.6 Å². The van der Waals surface area contributed by atoms with Gasteiger partial charge >= 0.3 is 0 Å². The summed E-state index contributed by atoms with van der Waals surface area (Å²) >= 11 is 8.75. The molecule has 0 bridgehead atoms. The van der Waals surface area contributed by atoms with Crippen molar-refractivity contribution >= 4 is 50.8 Å². The molecule has 0 aliphatic carbocycles. The molecule has 0 saturated carbocycles. The van der Waals surface area contributed by atoms with E-state index in [1.165, 1.54) is 12.8 Å². The lowest BCUT2D eigenvalue weighted by Gasteiger charge is -2.12. The van der Waals surface area contributed by atoms with E-state index in [0.717, 1.165) is 25.7 Å². The highest BCUT2D eigenvalue weighted by Crippen LogP contribution is 2.26. The minimum atomic E-state index is -0.337. The molecule has 8 heteroatoms. The van der Waals surface area contributed by atoms with Crippen LogP contribution in [-0.4, -0.2) is 30.1 Å². The number of hydrogen-bond donors (Lipinski definition) is 3. The first-order valence-corrected chi connectivity index (χ1v) is 12.6. The highest BCUT2D eigenvalue weighted by Gasteiger charge is 2.12. The van der Waals surface area contributed by atoms with E-state index in [4.69, 9.17) is 17.0 Å². The first-order chi connectivity index (χ1) is 15.9. The molecule has 178 valence electrons. The average Bonchev–Trinajstić information content (AvgIpc) is 2.80. The van der Waals surface area contributed by atoms with Crippen LogP contribution >= 0.6 is 28.1 Å². The third kappa shape index (κ3) is 9.52. The number of thiocarbonyl (C=S) groups is 1. The zero-order valence-corrected chi connectivity index (χ0v) is 21.6. The molecule has 0 aliphatic heterocycles. The molecular formula is C25H32BrN3O3S. The number of benzene rings is 2. The van der Waals surface area contributed by atoms with Crippen molar-refractivity contribution in [3.05, 3.63) is 58.1 Å². The molecular weight excluding hydrogens is 502 g/mol. The lowest BCUT2D eigenvalue weighted by atomic mass is 10.2. The molecule has 2 aromatic carbocycles. The second-order valence-corrected chi connectivity index (χ2v) is 8.92. The third-order valence-corrected chi connectivity index (χ3v) is 5.70. The maximum absolute atomic E-state index is 12.6. The van der Waals surface area contributed by atoms with Crippen LogP contribution in [-0.2, 0) is 0 Å². The molecule has 0 radical (unpaired) electrons. The van der Waals surface area contributed by atoms with Crippen LogP contribution < -0.4 is 20.7 Å². The molecule has 0 unspecified atom stereocenters. The number of carbonyl (C=O) groups is 2. The number of ether oxygens (including phenoxy) is 1. The summed E-state index contributed by atoms with van der Waals surface area (Å²) < 4.78 is 6.50. The number of halogens is 1. The van der Waals surface area contributed by atoms with Crippen LogP contribution in [0, 0.1) is 0 Å². The summed E-state index contributed by atoms with van der Waals surface area (Å²) in [5.41, 5.74) is 1.60. The standard InChI is InChI=1S/C25H32BrN3O3S/c1-3-5-7-8-15-32-22-13-12-19(17-21(22)26)24(31)29-25(33)28-20-11-9-10-18(16-20)23(30)27-14-6-4-2/h9-13,16-17H,3-8,14-15H2,1-2H3,(H,27,30)(H2,28,29,31,33). The molecule has 33 heavy (non-hydrogen) atoms. The highest BCUT2D eigenvalue weighted by molar-refractivity contribution is 9.10. The fraction of sp³-hybridized carbons (Fsp3) is 0.400. The number of nitrogens with one attached hydrogen (secondary N) is 3. The Balaban J connectivity index is 1.89. The van der Waals surface area contributed by atoms with Crippen molar-refractivity contribution in [2.24, 2.45) is 0 Å². The van der Waals surface area contributed by atoms with Crippen LogP contribution in [0.1, 0.15) is 73.1 Å². The van der Waals surface area contributed by atoms with Gasteiger partial charge in [0.15, 0.2) is 5.11 Å². The molecule has 0 atom stereocenters. The van der Waals surface area contributed by atoms with Crippen LogP contribution in [0.5, 0.6) is 5.75 Å². The SMILES string of the molecule is CCCCCCOc1ccc(C(=O)NC(=S)Nc2cccc(C(=O)NCCCC)c2)cc1Br. The van der Waals surface area contributed by atoms with Gasteiger partial charge in [-0.05, 0) is 77.4 Å². The molecule has 3 N–H and O–H groups in total. The fourth-order valence-electron chi connectivity index (χ4n) is 3.03. The summed E-state index contributed by atoms with van der Waals surface area (Å²) in [4.78, 5) is 24.8. The molecule has 2 amide bonds. The second-order valence-electron chi connectivity index (χ2n) is 7.65. The van der Waals surface area contributed by atoms with E-state index in [9.17, 15) is 9.59 Å². The average molecular weight is 535 g/mol. The Morgan fingerprint density at radius 3 is 2.42 bits per heavy atom. The van der Waals surface area contributed by atoms with Crippen molar-refractivity contribution in [3.63, 3.8) is 0 Å². The van der Waals surface area contributed by atoms with E-state index in [0.29, 0.717) is 40.2 Å². The summed E-state index contributed by atoms with van der Waals surface area (Å²) in [6.07, 6.45) is 6.48. The van der Waals surface area contributed by atoms with Crippen LogP contribution in [0.2, 0.25) is 0 Å². The predicted octanol–water partition coefficient (Wildman–Crippen LogP) is 6.06. The third-order valence-electron chi connectivity index (χ3n) is 4.88. The lowest BCUT2D eigenvalue weighted by molar-refractivity contribution is 0.0950. The van der Waals surface area contributed by atoms with Crippen LogP contribution in [0.3, 0.4) is 0 Å². The number of carbonyl (C=O) groups excluding carboxylic acids is 2. The fourth-order valence-corrected chi connectivity index (χ4v) is 3.73. The molecule has 0 spiro atoms. The number of hydrogen-bond acceptors (Lipinski definition) is 4. The Bertz CT molecular complexity index is 952. The topological polar surface area (TPSA) is 79.5 Å². The van der Waals surface area contributed by atoms with Gasteiger partial charge in [0.25, 0.3) is 11.8 Å². The normalized spacial score (nSPS) is 10.4. The van der Waals surface area contributed by atoms with E-state index in [1.54, 1.807) is 42.5 Å². The minimum absolute atomic E-state index is 0.139. The molecule has 6 nitrogen and oxygen atoms in total. The van der Waals surface area contributed by atoms with Gasteiger partial charge in [-0.2, -0.15) is 0 Å². The van der Waals surface area contributed by atoms with Gasteiger partial charge in [-0.3, -0.25) is 14.9 Å². The van der Waals surface area contributed by atoms with Crippen molar-refractivity contribution in [2.75, 3.05) is 18.5 Å². The molecule has 0 saturated heterocycles. The summed E-state index contributed by atoms with van der Waals surface area (Å²) in [7, 11) is 0. The van der Waals surface area contributed by atoms with Gasteiger partial charge in [0.1, 0.15) is 5.75 Å². The second kappa shape index (κ2) is 14.6. The van der Waals surface area contributed by atoms with Crippen molar-refractivity contribution in [3.8, 4) is 5.75 Å². The summed E-state index contributed by atoms with van der Waals surface area (Å²) in [5, 5.41) is 8.66.